The molecule has 0 amide bonds. The number of guanidine groups is 1. The summed E-state index contributed by atoms with van der Waals surface area (Å²) < 4.78 is 11.1. The number of rotatable bonds is 8. The van der Waals surface area contributed by atoms with Crippen LogP contribution in [0.2, 0.25) is 0 Å². The second kappa shape index (κ2) is 9.69. The number of anilines is 1. The summed E-state index contributed by atoms with van der Waals surface area (Å²) in [6, 6.07) is 14.1. The van der Waals surface area contributed by atoms with Gasteiger partial charge in [0.05, 0.1) is 13.2 Å². The number of benzene rings is 2. The smallest absolute Gasteiger partial charge is 0.193 e. The predicted molar refractivity (Wildman–Crippen MR) is 103 cm³/mol. The Labute approximate surface area is 149 Å². The largest absolute Gasteiger partial charge is 0.491 e. The normalized spacial score (nSPS) is 11.4. The van der Waals surface area contributed by atoms with E-state index in [2.05, 4.69) is 10.3 Å². The van der Waals surface area contributed by atoms with Crippen LogP contribution in [0, 0.1) is 13.8 Å². The minimum absolute atomic E-state index is 0.381. The van der Waals surface area contributed by atoms with Crippen molar-refractivity contribution in [3.05, 3.63) is 59.2 Å². The molecule has 0 aromatic heterocycles. The van der Waals surface area contributed by atoms with Crippen LogP contribution in [0.5, 0.6) is 5.75 Å². The van der Waals surface area contributed by atoms with Gasteiger partial charge in [0.2, 0.25) is 0 Å². The van der Waals surface area contributed by atoms with E-state index in [1.807, 2.05) is 63.2 Å². The van der Waals surface area contributed by atoms with E-state index in [0.717, 1.165) is 22.6 Å². The van der Waals surface area contributed by atoms with E-state index in [9.17, 15) is 0 Å². The van der Waals surface area contributed by atoms with Crippen molar-refractivity contribution in [2.75, 3.05) is 25.1 Å². The third-order valence-corrected chi connectivity index (χ3v) is 3.62. The first-order valence-corrected chi connectivity index (χ1v) is 8.52. The van der Waals surface area contributed by atoms with Gasteiger partial charge < -0.3 is 20.5 Å². The Bertz CT molecular complexity index is 714. The minimum atomic E-state index is 0.381. The zero-order chi connectivity index (χ0) is 18.1. The van der Waals surface area contributed by atoms with Crippen molar-refractivity contribution in [2.24, 2.45) is 10.7 Å². The first-order chi connectivity index (χ1) is 12.1. The van der Waals surface area contributed by atoms with E-state index in [1.54, 1.807) is 0 Å². The van der Waals surface area contributed by atoms with Gasteiger partial charge in [-0.05, 0) is 50.1 Å². The molecule has 0 saturated heterocycles. The molecule has 5 nitrogen and oxygen atoms in total. The van der Waals surface area contributed by atoms with E-state index in [1.165, 1.54) is 5.56 Å². The SMILES string of the molecule is CCOCCOc1cc(C)ccc1CN=C(N)Nc1cccc(C)c1. The Kier molecular flexibility index (Phi) is 7.29. The van der Waals surface area contributed by atoms with E-state index in [4.69, 9.17) is 15.2 Å². The van der Waals surface area contributed by atoms with E-state index >= 15 is 0 Å². The number of ether oxygens (including phenoxy) is 2. The molecule has 2 rings (SSSR count). The summed E-state index contributed by atoms with van der Waals surface area (Å²) in [5, 5.41) is 3.11. The van der Waals surface area contributed by atoms with Crippen LogP contribution < -0.4 is 15.8 Å². The van der Waals surface area contributed by atoms with Crippen LogP contribution in [0.15, 0.2) is 47.5 Å². The fourth-order valence-electron chi connectivity index (χ4n) is 2.36. The molecule has 0 unspecified atom stereocenters. The number of aliphatic imine (C=N–C) groups is 1. The summed E-state index contributed by atoms with van der Waals surface area (Å²) in [4.78, 5) is 4.43. The molecule has 134 valence electrons. The van der Waals surface area contributed by atoms with Gasteiger partial charge >= 0.3 is 0 Å². The third-order valence-electron chi connectivity index (χ3n) is 3.62. The summed E-state index contributed by atoms with van der Waals surface area (Å²) in [7, 11) is 0. The molecule has 0 aliphatic rings. The summed E-state index contributed by atoms with van der Waals surface area (Å²) >= 11 is 0. The van der Waals surface area contributed by atoms with E-state index in [0.29, 0.717) is 32.3 Å². The second-order valence-electron chi connectivity index (χ2n) is 5.85. The average molecular weight is 341 g/mol. The van der Waals surface area contributed by atoms with Gasteiger partial charge in [0.25, 0.3) is 0 Å². The monoisotopic (exact) mass is 341 g/mol. The maximum absolute atomic E-state index is 6.00. The van der Waals surface area contributed by atoms with Crippen LogP contribution in [0.1, 0.15) is 23.6 Å². The van der Waals surface area contributed by atoms with Gasteiger partial charge in [0.15, 0.2) is 5.96 Å². The number of nitrogens with one attached hydrogen (secondary N) is 1. The lowest BCUT2D eigenvalue weighted by Crippen LogP contribution is -2.22. The Morgan fingerprint density at radius 3 is 2.64 bits per heavy atom. The highest BCUT2D eigenvalue weighted by Gasteiger charge is 2.05. The number of hydrogen-bond donors (Lipinski definition) is 2. The Morgan fingerprint density at radius 2 is 1.88 bits per heavy atom. The summed E-state index contributed by atoms with van der Waals surface area (Å²) in [5.41, 5.74) is 10.2. The molecule has 2 aromatic rings. The molecule has 25 heavy (non-hydrogen) atoms. The van der Waals surface area contributed by atoms with Crippen LogP contribution in [0.25, 0.3) is 0 Å². The van der Waals surface area contributed by atoms with Crippen LogP contribution >= 0.6 is 0 Å². The third kappa shape index (κ3) is 6.47. The van der Waals surface area contributed by atoms with Gasteiger partial charge in [-0.25, -0.2) is 4.99 Å². The van der Waals surface area contributed by atoms with Crippen molar-refractivity contribution in [2.45, 2.75) is 27.3 Å². The lowest BCUT2D eigenvalue weighted by atomic mass is 10.1. The molecule has 2 aromatic carbocycles. The number of aryl methyl sites for hydroxylation is 2. The molecule has 0 aliphatic heterocycles. The van der Waals surface area contributed by atoms with Gasteiger partial charge in [-0.2, -0.15) is 0 Å². The molecule has 0 radical (unpaired) electrons. The van der Waals surface area contributed by atoms with Crippen molar-refractivity contribution >= 4 is 11.6 Å². The molecule has 0 fully saturated rings. The van der Waals surface area contributed by atoms with Crippen LogP contribution in [0.3, 0.4) is 0 Å². The quantitative estimate of drug-likeness (QED) is 0.437. The predicted octanol–water partition coefficient (Wildman–Crippen LogP) is 3.65. The molecule has 0 bridgehead atoms. The highest BCUT2D eigenvalue weighted by Crippen LogP contribution is 2.21. The topological polar surface area (TPSA) is 68.9 Å². The van der Waals surface area contributed by atoms with Gasteiger partial charge in [-0.3, -0.25) is 0 Å². The van der Waals surface area contributed by atoms with Crippen molar-refractivity contribution in [3.8, 4) is 5.75 Å². The van der Waals surface area contributed by atoms with Gasteiger partial charge in [0, 0.05) is 17.9 Å². The highest BCUT2D eigenvalue weighted by atomic mass is 16.5. The average Bonchev–Trinajstić information content (AvgIpc) is 2.58. The maximum atomic E-state index is 6.00. The molecule has 0 aliphatic carbocycles. The van der Waals surface area contributed by atoms with Crippen molar-refractivity contribution in [3.63, 3.8) is 0 Å². The Balaban J connectivity index is 2.00. The maximum Gasteiger partial charge on any atom is 0.193 e. The fraction of sp³-hybridized carbons (Fsp3) is 0.350. The molecular formula is C20H27N3O2. The van der Waals surface area contributed by atoms with Gasteiger partial charge in [-0.1, -0.05) is 24.3 Å². The zero-order valence-electron chi connectivity index (χ0n) is 15.2. The minimum Gasteiger partial charge on any atom is -0.491 e. The van der Waals surface area contributed by atoms with Crippen LogP contribution in [-0.4, -0.2) is 25.8 Å². The first-order valence-electron chi connectivity index (χ1n) is 8.52. The summed E-state index contributed by atoms with van der Waals surface area (Å²) in [5.74, 6) is 1.21. The molecule has 0 heterocycles. The second-order valence-corrected chi connectivity index (χ2v) is 5.85. The highest BCUT2D eigenvalue weighted by molar-refractivity contribution is 5.92. The molecule has 0 saturated carbocycles. The summed E-state index contributed by atoms with van der Waals surface area (Å²) in [6.45, 7) is 8.28. The molecule has 3 N–H and O–H groups in total. The number of hydrogen-bond acceptors (Lipinski definition) is 3. The molecule has 0 spiro atoms. The van der Waals surface area contributed by atoms with E-state index in [-0.39, 0.29) is 0 Å². The summed E-state index contributed by atoms with van der Waals surface area (Å²) in [6.07, 6.45) is 0. The van der Waals surface area contributed by atoms with E-state index < -0.39 is 0 Å². The fourth-order valence-corrected chi connectivity index (χ4v) is 2.36. The first kappa shape index (κ1) is 18.8. The van der Waals surface area contributed by atoms with Crippen molar-refractivity contribution in [1.29, 1.82) is 0 Å². The Hall–Kier alpha value is -2.53. The molecular weight excluding hydrogens is 314 g/mol. The van der Waals surface area contributed by atoms with Crippen molar-refractivity contribution in [1.82, 2.24) is 0 Å². The van der Waals surface area contributed by atoms with Crippen molar-refractivity contribution < 1.29 is 9.47 Å². The van der Waals surface area contributed by atoms with Gasteiger partial charge in [-0.15, -0.1) is 0 Å². The molecule has 0 atom stereocenters. The Morgan fingerprint density at radius 1 is 1.08 bits per heavy atom. The lowest BCUT2D eigenvalue weighted by Gasteiger charge is -2.12. The zero-order valence-corrected chi connectivity index (χ0v) is 15.2. The number of nitrogens with two attached hydrogens (primary N) is 1. The van der Waals surface area contributed by atoms with Crippen LogP contribution in [0.4, 0.5) is 5.69 Å². The van der Waals surface area contributed by atoms with Gasteiger partial charge in [0.1, 0.15) is 12.4 Å². The number of nitrogens with zero attached hydrogens (tertiary/aromatic N) is 1. The standard InChI is InChI=1S/C20H27N3O2/c1-4-24-10-11-25-19-13-16(3)8-9-17(19)14-22-20(21)23-18-7-5-6-15(2)12-18/h5-9,12-13H,4,10-11,14H2,1-3H3,(H3,21,22,23). The molecule has 5 heteroatoms. The lowest BCUT2D eigenvalue weighted by molar-refractivity contribution is 0.110. The van der Waals surface area contributed by atoms with Crippen LogP contribution in [-0.2, 0) is 11.3 Å².